The van der Waals surface area contributed by atoms with E-state index < -0.39 is 6.67 Å². The molecular weight excluding hydrogens is 236 g/mol. The molecule has 2 aromatic rings. The number of alkyl halides is 1. The summed E-state index contributed by atoms with van der Waals surface area (Å²) >= 11 is 0. The topological polar surface area (TPSA) is 29.9 Å². The summed E-state index contributed by atoms with van der Waals surface area (Å²) in [5, 5.41) is 7.37. The maximum Gasteiger partial charge on any atom is 0.151 e. The molecule has 0 spiro atoms. The molecule has 0 atom stereocenters. The molecule has 3 nitrogen and oxygen atoms in total. The van der Waals surface area contributed by atoms with Crippen LogP contribution in [0, 0.1) is 12.7 Å². The van der Waals surface area contributed by atoms with Crippen LogP contribution < -0.4 is 5.32 Å². The molecule has 0 saturated heterocycles. The molecular formula is C13H15F2N3. The van der Waals surface area contributed by atoms with Crippen molar-refractivity contribution in [2.24, 2.45) is 0 Å². The number of benzene rings is 1. The molecule has 0 aliphatic rings. The summed E-state index contributed by atoms with van der Waals surface area (Å²) in [5.74, 6) is 0.481. The molecule has 0 radical (unpaired) electrons. The van der Waals surface area contributed by atoms with Gasteiger partial charge in [0.25, 0.3) is 0 Å². The first-order valence-electron chi connectivity index (χ1n) is 5.77. The molecule has 0 saturated carbocycles. The Kier molecular flexibility index (Phi) is 3.92. The smallest absolute Gasteiger partial charge is 0.151 e. The highest BCUT2D eigenvalue weighted by Crippen LogP contribution is 2.13. The Bertz CT molecular complexity index is 505. The monoisotopic (exact) mass is 251 g/mol. The van der Waals surface area contributed by atoms with Crippen molar-refractivity contribution in [3.05, 3.63) is 47.4 Å². The number of halogens is 2. The van der Waals surface area contributed by atoms with E-state index in [0.29, 0.717) is 6.54 Å². The van der Waals surface area contributed by atoms with Gasteiger partial charge in [-0.3, -0.25) is 4.68 Å². The first-order valence-corrected chi connectivity index (χ1v) is 5.77. The van der Waals surface area contributed by atoms with E-state index in [0.717, 1.165) is 16.9 Å². The van der Waals surface area contributed by atoms with Gasteiger partial charge < -0.3 is 5.32 Å². The van der Waals surface area contributed by atoms with Crippen molar-refractivity contribution in [3.8, 4) is 0 Å². The number of rotatable bonds is 5. The summed E-state index contributed by atoms with van der Waals surface area (Å²) in [6.45, 7) is 2.31. The normalized spacial score (nSPS) is 10.6. The zero-order valence-electron chi connectivity index (χ0n) is 10.2. The van der Waals surface area contributed by atoms with E-state index in [1.165, 1.54) is 12.1 Å². The van der Waals surface area contributed by atoms with Gasteiger partial charge in [0.05, 0.1) is 6.54 Å². The minimum atomic E-state index is -0.432. The van der Waals surface area contributed by atoms with E-state index >= 15 is 0 Å². The van der Waals surface area contributed by atoms with Crippen molar-refractivity contribution < 1.29 is 8.78 Å². The average Bonchev–Trinajstić information content (AvgIpc) is 2.70. The van der Waals surface area contributed by atoms with Gasteiger partial charge in [0, 0.05) is 18.3 Å². The third kappa shape index (κ3) is 3.06. The summed E-state index contributed by atoms with van der Waals surface area (Å²) < 4.78 is 26.5. The number of anilines is 1. The Morgan fingerprint density at radius 1 is 1.28 bits per heavy atom. The maximum absolute atomic E-state index is 12.7. The number of hydrogen-bond donors (Lipinski definition) is 1. The standard InChI is InChI=1S/C13H15F2N3/c1-10-9-18(7-6-14)17-13(10)16-8-11-2-4-12(15)5-3-11/h2-5,9H,6-8H2,1H3,(H,16,17). The lowest BCUT2D eigenvalue weighted by Crippen LogP contribution is -2.04. The molecule has 5 heteroatoms. The van der Waals surface area contributed by atoms with Crippen molar-refractivity contribution in [2.45, 2.75) is 20.0 Å². The molecule has 1 aromatic carbocycles. The molecule has 0 aliphatic carbocycles. The molecule has 2 rings (SSSR count). The first kappa shape index (κ1) is 12.5. The van der Waals surface area contributed by atoms with Gasteiger partial charge in [-0.25, -0.2) is 8.78 Å². The van der Waals surface area contributed by atoms with E-state index in [2.05, 4.69) is 10.4 Å². The Labute approximate surface area is 104 Å². The lowest BCUT2D eigenvalue weighted by atomic mass is 10.2. The lowest BCUT2D eigenvalue weighted by molar-refractivity contribution is 0.427. The largest absolute Gasteiger partial charge is 0.364 e. The predicted molar refractivity (Wildman–Crippen MR) is 66.7 cm³/mol. The number of hydrogen-bond acceptors (Lipinski definition) is 2. The highest BCUT2D eigenvalue weighted by atomic mass is 19.1. The van der Waals surface area contributed by atoms with Crippen molar-refractivity contribution in [3.63, 3.8) is 0 Å². The quantitative estimate of drug-likeness (QED) is 0.885. The number of aromatic nitrogens is 2. The van der Waals surface area contributed by atoms with Crippen LogP contribution in [-0.2, 0) is 13.1 Å². The van der Waals surface area contributed by atoms with Crippen LogP contribution in [-0.4, -0.2) is 16.5 Å². The van der Waals surface area contributed by atoms with E-state index in [1.54, 1.807) is 23.0 Å². The highest BCUT2D eigenvalue weighted by Gasteiger charge is 2.04. The fraction of sp³-hybridized carbons (Fsp3) is 0.308. The molecule has 96 valence electrons. The Morgan fingerprint density at radius 2 is 2.00 bits per heavy atom. The highest BCUT2D eigenvalue weighted by molar-refractivity contribution is 5.42. The number of nitrogens with one attached hydrogen (secondary N) is 1. The van der Waals surface area contributed by atoms with E-state index in [1.807, 2.05) is 6.92 Å². The van der Waals surface area contributed by atoms with Crippen LogP contribution >= 0.6 is 0 Å². The third-order valence-corrected chi connectivity index (χ3v) is 2.63. The average molecular weight is 251 g/mol. The Morgan fingerprint density at radius 3 is 2.67 bits per heavy atom. The van der Waals surface area contributed by atoms with Gasteiger partial charge in [-0.2, -0.15) is 5.10 Å². The Hall–Kier alpha value is -1.91. The molecule has 0 fully saturated rings. The van der Waals surface area contributed by atoms with Gasteiger partial charge in [0.1, 0.15) is 12.5 Å². The van der Waals surface area contributed by atoms with Crippen molar-refractivity contribution >= 4 is 5.82 Å². The zero-order chi connectivity index (χ0) is 13.0. The minimum absolute atomic E-state index is 0.248. The minimum Gasteiger partial charge on any atom is -0.364 e. The summed E-state index contributed by atoms with van der Waals surface area (Å²) in [6, 6.07) is 6.28. The summed E-state index contributed by atoms with van der Waals surface area (Å²) in [5.41, 5.74) is 1.93. The maximum atomic E-state index is 12.7. The number of nitrogens with zero attached hydrogens (tertiary/aromatic N) is 2. The van der Waals surface area contributed by atoms with Crippen LogP contribution in [0.2, 0.25) is 0 Å². The zero-order valence-corrected chi connectivity index (χ0v) is 10.2. The van der Waals surface area contributed by atoms with E-state index in [9.17, 15) is 8.78 Å². The molecule has 18 heavy (non-hydrogen) atoms. The molecule has 0 bridgehead atoms. The van der Waals surface area contributed by atoms with Gasteiger partial charge in [0.15, 0.2) is 5.82 Å². The van der Waals surface area contributed by atoms with E-state index in [4.69, 9.17) is 0 Å². The van der Waals surface area contributed by atoms with Crippen LogP contribution in [0.3, 0.4) is 0 Å². The molecule has 0 amide bonds. The van der Waals surface area contributed by atoms with Crippen LogP contribution in [0.4, 0.5) is 14.6 Å². The van der Waals surface area contributed by atoms with Crippen molar-refractivity contribution in [2.75, 3.05) is 12.0 Å². The van der Waals surface area contributed by atoms with Gasteiger partial charge in [0.2, 0.25) is 0 Å². The second-order valence-electron chi connectivity index (χ2n) is 4.09. The van der Waals surface area contributed by atoms with Gasteiger partial charge in [-0.1, -0.05) is 12.1 Å². The van der Waals surface area contributed by atoms with Crippen molar-refractivity contribution in [1.29, 1.82) is 0 Å². The second-order valence-corrected chi connectivity index (χ2v) is 4.09. The fourth-order valence-corrected chi connectivity index (χ4v) is 1.68. The third-order valence-electron chi connectivity index (χ3n) is 2.63. The van der Waals surface area contributed by atoms with Crippen molar-refractivity contribution in [1.82, 2.24) is 9.78 Å². The first-order chi connectivity index (χ1) is 8.69. The molecule has 1 aromatic heterocycles. The van der Waals surface area contributed by atoms with E-state index in [-0.39, 0.29) is 12.4 Å². The van der Waals surface area contributed by atoms with Gasteiger partial charge >= 0.3 is 0 Å². The summed E-state index contributed by atoms with van der Waals surface area (Å²) in [7, 11) is 0. The van der Waals surface area contributed by atoms with Crippen LogP contribution in [0.25, 0.3) is 0 Å². The molecule has 0 aliphatic heterocycles. The van der Waals surface area contributed by atoms with Crippen LogP contribution in [0.15, 0.2) is 30.5 Å². The lowest BCUT2D eigenvalue weighted by Gasteiger charge is -2.04. The summed E-state index contributed by atoms with van der Waals surface area (Å²) in [6.07, 6.45) is 1.80. The van der Waals surface area contributed by atoms with Crippen LogP contribution in [0.1, 0.15) is 11.1 Å². The molecule has 0 unspecified atom stereocenters. The SMILES string of the molecule is Cc1cn(CCF)nc1NCc1ccc(F)cc1. The molecule has 1 heterocycles. The fourth-order valence-electron chi connectivity index (χ4n) is 1.68. The predicted octanol–water partition coefficient (Wildman–Crippen LogP) is 2.91. The molecule has 1 N–H and O–H groups in total. The Balaban J connectivity index is 1.99. The number of aryl methyl sites for hydroxylation is 2. The van der Waals surface area contributed by atoms with Gasteiger partial charge in [-0.05, 0) is 24.6 Å². The summed E-state index contributed by atoms with van der Waals surface area (Å²) in [4.78, 5) is 0. The van der Waals surface area contributed by atoms with Crippen LogP contribution in [0.5, 0.6) is 0 Å². The van der Waals surface area contributed by atoms with Gasteiger partial charge in [-0.15, -0.1) is 0 Å². The second kappa shape index (κ2) is 5.62.